The van der Waals surface area contributed by atoms with Crippen molar-refractivity contribution in [3.05, 3.63) is 21.8 Å². The highest BCUT2D eigenvalue weighted by molar-refractivity contribution is 9.11. The summed E-state index contributed by atoms with van der Waals surface area (Å²) in [5, 5.41) is 12.0. The van der Waals surface area contributed by atoms with Crippen LogP contribution in [0, 0.1) is 5.92 Å². The Labute approximate surface area is 135 Å². The lowest BCUT2D eigenvalue weighted by molar-refractivity contribution is 0.280. The summed E-state index contributed by atoms with van der Waals surface area (Å²) in [6, 6.07) is 4.65. The van der Waals surface area contributed by atoms with Crippen molar-refractivity contribution in [2.75, 3.05) is 19.6 Å². The molecular formula is C14H17BrN4OS. The smallest absolute Gasteiger partial charge is 0.257 e. The number of hydrogen-bond acceptors (Lipinski definition) is 6. The van der Waals surface area contributed by atoms with Gasteiger partial charge in [0.2, 0.25) is 5.89 Å². The van der Waals surface area contributed by atoms with Gasteiger partial charge in [0.1, 0.15) is 0 Å². The third-order valence-electron chi connectivity index (χ3n) is 4.28. The number of fused-ring (bicyclic) bond motifs is 1. The average Bonchev–Trinajstić information content (AvgIpc) is 3.17. The number of nitrogens with zero attached hydrogens (tertiary/aromatic N) is 3. The lowest BCUT2D eigenvalue weighted by Crippen LogP contribution is -2.40. The normalized spacial score (nSPS) is 26.1. The maximum absolute atomic E-state index is 5.80. The Morgan fingerprint density at radius 1 is 1.38 bits per heavy atom. The molecule has 4 heterocycles. The number of halogens is 1. The van der Waals surface area contributed by atoms with Crippen molar-refractivity contribution >= 4 is 27.3 Å². The highest BCUT2D eigenvalue weighted by Crippen LogP contribution is 2.31. The molecule has 0 spiro atoms. The Morgan fingerprint density at radius 3 is 3.14 bits per heavy atom. The number of hydrogen-bond donors (Lipinski definition) is 1. The number of thiophene rings is 1. The van der Waals surface area contributed by atoms with Gasteiger partial charge >= 0.3 is 0 Å². The maximum Gasteiger partial charge on any atom is 0.257 e. The first-order chi connectivity index (χ1) is 10.3. The van der Waals surface area contributed by atoms with Crippen LogP contribution in [0.3, 0.4) is 0 Å². The molecule has 21 heavy (non-hydrogen) atoms. The first kappa shape index (κ1) is 13.9. The Bertz CT molecular complexity index is 614. The Balaban J connectivity index is 1.43. The van der Waals surface area contributed by atoms with Crippen molar-refractivity contribution in [1.29, 1.82) is 0 Å². The van der Waals surface area contributed by atoms with E-state index < -0.39 is 0 Å². The second-order valence-electron chi connectivity index (χ2n) is 5.76. The largest absolute Gasteiger partial charge is 0.419 e. The van der Waals surface area contributed by atoms with Crippen LogP contribution in [0.1, 0.15) is 18.7 Å². The summed E-state index contributed by atoms with van der Waals surface area (Å²) in [5.74, 6) is 2.12. The molecule has 0 aliphatic carbocycles. The van der Waals surface area contributed by atoms with E-state index in [0.29, 0.717) is 17.8 Å². The molecule has 2 aromatic rings. The first-order valence-electron chi connectivity index (χ1n) is 7.32. The Kier molecular flexibility index (Phi) is 3.83. The van der Waals surface area contributed by atoms with Crippen LogP contribution < -0.4 is 5.32 Å². The zero-order valence-electron chi connectivity index (χ0n) is 11.6. The number of likely N-dealkylation sites (tertiary alicyclic amines) is 1. The van der Waals surface area contributed by atoms with Gasteiger partial charge in [0, 0.05) is 19.1 Å². The number of rotatable bonds is 3. The molecule has 5 nitrogen and oxygen atoms in total. The van der Waals surface area contributed by atoms with Crippen molar-refractivity contribution in [3.8, 4) is 10.8 Å². The molecule has 0 bridgehead atoms. The molecule has 1 N–H and O–H groups in total. The van der Waals surface area contributed by atoms with Crippen LogP contribution in [0.5, 0.6) is 0 Å². The molecule has 0 saturated carbocycles. The molecule has 2 fully saturated rings. The van der Waals surface area contributed by atoms with Gasteiger partial charge in [-0.05, 0) is 53.4 Å². The molecule has 2 saturated heterocycles. The van der Waals surface area contributed by atoms with Crippen LogP contribution in [-0.2, 0) is 6.54 Å². The van der Waals surface area contributed by atoms with Crippen molar-refractivity contribution in [1.82, 2.24) is 20.4 Å². The second kappa shape index (κ2) is 5.79. The summed E-state index contributed by atoms with van der Waals surface area (Å²) in [7, 11) is 0. The fraction of sp³-hybridized carbons (Fsp3) is 0.571. The molecule has 2 aromatic heterocycles. The van der Waals surface area contributed by atoms with E-state index in [1.807, 2.05) is 12.1 Å². The molecule has 2 atom stereocenters. The predicted octanol–water partition coefficient (Wildman–Crippen LogP) is 2.74. The number of piperidine rings is 1. The summed E-state index contributed by atoms with van der Waals surface area (Å²) in [6.45, 7) is 4.15. The molecule has 2 aliphatic rings. The SMILES string of the molecule is Brc1ccc(-c2nnc(CN3C[C@@H]4CCCN[C@@H]4C3)o2)s1. The van der Waals surface area contributed by atoms with Gasteiger partial charge in [-0.2, -0.15) is 0 Å². The van der Waals surface area contributed by atoms with Gasteiger partial charge in [0.05, 0.1) is 15.2 Å². The van der Waals surface area contributed by atoms with Crippen LogP contribution in [0.4, 0.5) is 0 Å². The first-order valence-corrected chi connectivity index (χ1v) is 8.93. The van der Waals surface area contributed by atoms with Crippen LogP contribution >= 0.6 is 27.3 Å². The minimum atomic E-state index is 0.621. The van der Waals surface area contributed by atoms with Gasteiger partial charge < -0.3 is 9.73 Å². The third kappa shape index (κ3) is 2.92. The van der Waals surface area contributed by atoms with Crippen LogP contribution in [0.25, 0.3) is 10.8 Å². The zero-order chi connectivity index (χ0) is 14.2. The lowest BCUT2D eigenvalue weighted by atomic mass is 9.94. The quantitative estimate of drug-likeness (QED) is 0.902. The summed E-state index contributed by atoms with van der Waals surface area (Å²) in [5.41, 5.74) is 0. The molecule has 7 heteroatoms. The van der Waals surface area contributed by atoms with Crippen LogP contribution in [0.2, 0.25) is 0 Å². The summed E-state index contributed by atoms with van der Waals surface area (Å²) in [4.78, 5) is 3.44. The molecule has 0 amide bonds. The van der Waals surface area contributed by atoms with Crippen molar-refractivity contribution < 1.29 is 4.42 Å². The van der Waals surface area contributed by atoms with E-state index in [1.54, 1.807) is 11.3 Å². The summed E-state index contributed by atoms with van der Waals surface area (Å²) >= 11 is 5.07. The molecule has 0 aromatic carbocycles. The van der Waals surface area contributed by atoms with E-state index in [4.69, 9.17) is 4.42 Å². The van der Waals surface area contributed by atoms with Gasteiger partial charge in [0.25, 0.3) is 5.89 Å². The van der Waals surface area contributed by atoms with E-state index >= 15 is 0 Å². The van der Waals surface area contributed by atoms with Crippen LogP contribution in [-0.4, -0.2) is 40.8 Å². The molecule has 4 rings (SSSR count). The second-order valence-corrected chi connectivity index (χ2v) is 8.22. The average molecular weight is 369 g/mol. The molecule has 0 unspecified atom stereocenters. The van der Waals surface area contributed by atoms with Crippen LogP contribution in [0.15, 0.2) is 20.3 Å². The van der Waals surface area contributed by atoms with Gasteiger partial charge in [-0.15, -0.1) is 21.5 Å². The Morgan fingerprint density at radius 2 is 2.33 bits per heavy atom. The van der Waals surface area contributed by atoms with Gasteiger partial charge in [0.15, 0.2) is 0 Å². The fourth-order valence-corrected chi connectivity index (χ4v) is 4.61. The minimum Gasteiger partial charge on any atom is -0.419 e. The Hall–Kier alpha value is -0.760. The standard InChI is InChI=1S/C14H17BrN4OS/c15-12-4-3-11(21-12)14-18-17-13(20-14)8-19-6-9-2-1-5-16-10(9)7-19/h3-4,9-10,16H,1-2,5-8H2/t9-,10+/m0/s1. The molecule has 0 radical (unpaired) electrons. The summed E-state index contributed by atoms with van der Waals surface area (Å²) in [6.07, 6.45) is 2.64. The zero-order valence-corrected chi connectivity index (χ0v) is 14.0. The third-order valence-corrected chi connectivity index (χ3v) is 5.90. The number of aromatic nitrogens is 2. The molecule has 2 aliphatic heterocycles. The molecular weight excluding hydrogens is 352 g/mol. The van der Waals surface area contributed by atoms with Gasteiger partial charge in [-0.25, -0.2) is 0 Å². The highest BCUT2D eigenvalue weighted by Gasteiger charge is 2.34. The van der Waals surface area contributed by atoms with E-state index in [2.05, 4.69) is 36.3 Å². The van der Waals surface area contributed by atoms with Gasteiger partial charge in [-0.3, -0.25) is 4.90 Å². The predicted molar refractivity (Wildman–Crippen MR) is 85.1 cm³/mol. The minimum absolute atomic E-state index is 0.621. The fourth-order valence-electron chi connectivity index (χ4n) is 3.30. The van der Waals surface area contributed by atoms with Gasteiger partial charge in [-0.1, -0.05) is 0 Å². The van der Waals surface area contributed by atoms with E-state index in [1.165, 1.54) is 12.8 Å². The van der Waals surface area contributed by atoms with E-state index in [-0.39, 0.29) is 0 Å². The van der Waals surface area contributed by atoms with E-state index in [0.717, 1.165) is 40.8 Å². The van der Waals surface area contributed by atoms with Crippen molar-refractivity contribution in [2.24, 2.45) is 5.92 Å². The lowest BCUT2D eigenvalue weighted by Gasteiger charge is -2.24. The summed E-state index contributed by atoms with van der Waals surface area (Å²) < 4.78 is 6.88. The van der Waals surface area contributed by atoms with E-state index in [9.17, 15) is 0 Å². The van der Waals surface area contributed by atoms with Crippen molar-refractivity contribution in [2.45, 2.75) is 25.4 Å². The molecule has 112 valence electrons. The maximum atomic E-state index is 5.80. The highest BCUT2D eigenvalue weighted by atomic mass is 79.9. The number of nitrogens with one attached hydrogen (secondary N) is 1. The monoisotopic (exact) mass is 368 g/mol. The topological polar surface area (TPSA) is 54.2 Å². The van der Waals surface area contributed by atoms with Crippen molar-refractivity contribution in [3.63, 3.8) is 0 Å².